The number of benzene rings is 1. The summed E-state index contributed by atoms with van der Waals surface area (Å²) in [6, 6.07) is 6.70. The standard InChI is InChI=1S/C17H27NO4S2/c1-12-6-8-15(9-7-12)24(20,21)22-11-14-10-16(14)13(2)18-23(19)17(3,4)5/h6-9,13-14,16,18H,10-11H2,1-5H3/t13-,14+,16+,23?/m1/s1. The van der Waals surface area contributed by atoms with E-state index in [-0.39, 0.29) is 28.2 Å². The van der Waals surface area contributed by atoms with Crippen molar-refractivity contribution in [3.05, 3.63) is 29.8 Å². The highest BCUT2D eigenvalue weighted by Crippen LogP contribution is 2.42. The van der Waals surface area contributed by atoms with Gasteiger partial charge in [0.1, 0.15) is 4.75 Å². The summed E-state index contributed by atoms with van der Waals surface area (Å²) < 4.78 is 44.5. The van der Waals surface area contributed by atoms with Crippen LogP contribution in [0.4, 0.5) is 0 Å². The first-order valence-corrected chi connectivity index (χ1v) is 10.7. The van der Waals surface area contributed by atoms with Crippen molar-refractivity contribution in [1.29, 1.82) is 0 Å². The third kappa shape index (κ3) is 5.20. The van der Waals surface area contributed by atoms with Gasteiger partial charge in [-0.3, -0.25) is 4.18 Å². The molecule has 0 saturated heterocycles. The molecule has 2 rings (SSSR count). The van der Waals surface area contributed by atoms with Crippen molar-refractivity contribution in [2.24, 2.45) is 11.8 Å². The third-order valence-corrected chi connectivity index (χ3v) is 7.21. The molecule has 1 aliphatic carbocycles. The highest BCUT2D eigenvalue weighted by molar-refractivity contribution is 7.90. The quantitative estimate of drug-likeness (QED) is 0.587. The molecule has 1 aromatic carbocycles. The number of hydrogen-bond acceptors (Lipinski definition) is 5. The minimum absolute atomic E-state index is 0.0701. The Morgan fingerprint density at radius 2 is 1.92 bits per heavy atom. The van der Waals surface area contributed by atoms with Crippen LogP contribution in [-0.4, -0.2) is 30.4 Å². The lowest BCUT2D eigenvalue weighted by Crippen LogP contribution is -2.44. The van der Waals surface area contributed by atoms with Crippen molar-refractivity contribution in [2.75, 3.05) is 6.61 Å². The topological polar surface area (TPSA) is 78.5 Å². The molecule has 136 valence electrons. The second-order valence-corrected chi connectivity index (χ2v) is 11.1. The minimum atomic E-state index is -3.71. The second kappa shape index (κ2) is 7.33. The van der Waals surface area contributed by atoms with Gasteiger partial charge in [-0.2, -0.15) is 8.42 Å². The number of nitrogens with one attached hydrogen (secondary N) is 1. The fraction of sp³-hybridized carbons (Fsp3) is 0.647. The smallest absolute Gasteiger partial charge is 0.296 e. The van der Waals surface area contributed by atoms with Gasteiger partial charge in [-0.05, 0) is 65.0 Å². The molecule has 4 atom stereocenters. The molecule has 0 radical (unpaired) electrons. The van der Waals surface area contributed by atoms with E-state index in [4.69, 9.17) is 4.18 Å². The third-order valence-electron chi connectivity index (χ3n) is 4.22. The Morgan fingerprint density at radius 1 is 1.33 bits per heavy atom. The Morgan fingerprint density at radius 3 is 2.46 bits per heavy atom. The molecule has 0 bridgehead atoms. The van der Waals surface area contributed by atoms with Gasteiger partial charge in [0, 0.05) is 11.4 Å². The van der Waals surface area contributed by atoms with Crippen LogP contribution in [0, 0.1) is 18.8 Å². The predicted octanol–water partition coefficient (Wildman–Crippen LogP) is 2.78. The first kappa shape index (κ1) is 19.7. The lowest BCUT2D eigenvalue weighted by atomic mass is 10.2. The van der Waals surface area contributed by atoms with Gasteiger partial charge < -0.3 is 4.55 Å². The van der Waals surface area contributed by atoms with E-state index in [9.17, 15) is 13.0 Å². The maximum absolute atomic E-state index is 12.2. The highest BCUT2D eigenvalue weighted by Gasteiger charge is 2.44. The van der Waals surface area contributed by atoms with Gasteiger partial charge in [-0.25, -0.2) is 0 Å². The molecule has 1 aliphatic rings. The molecule has 0 aliphatic heterocycles. The molecular weight excluding hydrogens is 346 g/mol. The number of aryl methyl sites for hydroxylation is 1. The summed E-state index contributed by atoms with van der Waals surface area (Å²) in [6.07, 6.45) is 0.888. The van der Waals surface area contributed by atoms with Crippen molar-refractivity contribution in [2.45, 2.75) is 56.7 Å². The minimum Gasteiger partial charge on any atom is -0.598 e. The number of hydrogen-bond donors (Lipinski definition) is 1. The zero-order valence-corrected chi connectivity index (χ0v) is 16.5. The van der Waals surface area contributed by atoms with E-state index in [1.165, 1.54) is 0 Å². The summed E-state index contributed by atoms with van der Waals surface area (Å²) >= 11 is -1.13. The first-order valence-electron chi connectivity index (χ1n) is 8.15. The van der Waals surface area contributed by atoms with E-state index in [0.29, 0.717) is 5.92 Å². The lowest BCUT2D eigenvalue weighted by molar-refractivity contribution is 0.290. The fourth-order valence-corrected chi connectivity index (χ4v) is 4.28. The molecule has 0 heterocycles. The van der Waals surface area contributed by atoms with E-state index < -0.39 is 21.5 Å². The molecular formula is C17H27NO4S2. The average Bonchev–Trinajstić information content (AvgIpc) is 3.24. The van der Waals surface area contributed by atoms with Crippen LogP contribution in [0.25, 0.3) is 0 Å². The predicted molar refractivity (Wildman–Crippen MR) is 96.4 cm³/mol. The first-order chi connectivity index (χ1) is 11.0. The summed E-state index contributed by atoms with van der Waals surface area (Å²) in [5.41, 5.74) is 1.00. The molecule has 24 heavy (non-hydrogen) atoms. The van der Waals surface area contributed by atoms with Crippen LogP contribution in [0.15, 0.2) is 29.2 Å². The van der Waals surface area contributed by atoms with E-state index in [0.717, 1.165) is 12.0 Å². The molecule has 1 aromatic rings. The van der Waals surface area contributed by atoms with Gasteiger partial charge in [-0.15, -0.1) is 4.72 Å². The zero-order valence-electron chi connectivity index (χ0n) is 14.9. The van der Waals surface area contributed by atoms with Gasteiger partial charge in [0.25, 0.3) is 10.1 Å². The van der Waals surface area contributed by atoms with Crippen LogP contribution in [0.5, 0.6) is 0 Å². The molecule has 0 aromatic heterocycles. The Hall–Kier alpha value is -0.600. The van der Waals surface area contributed by atoms with Gasteiger partial charge in [0.05, 0.1) is 17.5 Å². The Kier molecular flexibility index (Phi) is 6.03. The van der Waals surface area contributed by atoms with Gasteiger partial charge in [0.2, 0.25) is 0 Å². The van der Waals surface area contributed by atoms with Crippen LogP contribution in [-0.2, 0) is 25.7 Å². The van der Waals surface area contributed by atoms with Crippen molar-refractivity contribution in [3.63, 3.8) is 0 Å². The van der Waals surface area contributed by atoms with Crippen LogP contribution in [0.3, 0.4) is 0 Å². The Balaban J connectivity index is 1.83. The molecule has 7 heteroatoms. The van der Waals surface area contributed by atoms with Crippen LogP contribution >= 0.6 is 0 Å². The van der Waals surface area contributed by atoms with E-state index >= 15 is 0 Å². The largest absolute Gasteiger partial charge is 0.598 e. The lowest BCUT2D eigenvalue weighted by Gasteiger charge is -2.26. The maximum atomic E-state index is 12.2. The van der Waals surface area contributed by atoms with Crippen LogP contribution < -0.4 is 4.72 Å². The normalized spacial score (nSPS) is 23.8. The molecule has 1 fully saturated rings. The molecule has 0 spiro atoms. The summed E-state index contributed by atoms with van der Waals surface area (Å²) in [5, 5.41) is 0. The van der Waals surface area contributed by atoms with E-state index in [2.05, 4.69) is 4.72 Å². The van der Waals surface area contributed by atoms with Crippen molar-refractivity contribution >= 4 is 21.5 Å². The molecule has 1 saturated carbocycles. The highest BCUT2D eigenvalue weighted by atomic mass is 32.2. The zero-order chi connectivity index (χ0) is 18.1. The van der Waals surface area contributed by atoms with E-state index in [1.807, 2.05) is 34.6 Å². The molecule has 1 unspecified atom stereocenters. The summed E-state index contributed by atoms with van der Waals surface area (Å²) in [4.78, 5) is 0.185. The Labute approximate surface area is 148 Å². The maximum Gasteiger partial charge on any atom is 0.296 e. The summed E-state index contributed by atoms with van der Waals surface area (Å²) in [7, 11) is -3.71. The van der Waals surface area contributed by atoms with Crippen molar-refractivity contribution in [1.82, 2.24) is 4.72 Å². The van der Waals surface area contributed by atoms with Crippen LogP contribution in [0.2, 0.25) is 0 Å². The van der Waals surface area contributed by atoms with Gasteiger partial charge >= 0.3 is 0 Å². The summed E-state index contributed by atoms with van der Waals surface area (Å²) in [6.45, 7) is 9.83. The molecule has 0 amide bonds. The SMILES string of the molecule is Cc1ccc(S(=O)(=O)OC[C@@H]2C[C@H]2[C@@H](C)N[S+]([O-])C(C)(C)C)cc1. The van der Waals surface area contributed by atoms with Crippen molar-refractivity contribution < 1.29 is 17.2 Å². The van der Waals surface area contributed by atoms with E-state index in [1.54, 1.807) is 24.3 Å². The molecule has 5 nitrogen and oxygen atoms in total. The monoisotopic (exact) mass is 373 g/mol. The molecule has 1 N–H and O–H groups in total. The average molecular weight is 374 g/mol. The summed E-state index contributed by atoms with van der Waals surface area (Å²) in [5.74, 6) is 0.481. The fourth-order valence-electron chi connectivity index (χ4n) is 2.46. The number of rotatable bonds is 7. The second-order valence-electron chi connectivity index (χ2n) is 7.50. The van der Waals surface area contributed by atoms with Gasteiger partial charge in [0.15, 0.2) is 0 Å². The van der Waals surface area contributed by atoms with Crippen LogP contribution in [0.1, 0.15) is 39.7 Å². The van der Waals surface area contributed by atoms with Crippen molar-refractivity contribution in [3.8, 4) is 0 Å². The Bertz CT molecular complexity index is 652. The van der Waals surface area contributed by atoms with Gasteiger partial charge in [-0.1, -0.05) is 17.7 Å².